The molecule has 2 aromatic rings. The van der Waals surface area contributed by atoms with Gasteiger partial charge in [0.25, 0.3) is 0 Å². The first-order valence-corrected chi connectivity index (χ1v) is 9.64. The van der Waals surface area contributed by atoms with Gasteiger partial charge in [-0.1, -0.05) is 67.0 Å². The molecule has 0 unspecified atom stereocenters. The number of hydrogen-bond donors (Lipinski definition) is 1. The summed E-state index contributed by atoms with van der Waals surface area (Å²) in [6, 6.07) is 11.9. The van der Waals surface area contributed by atoms with Crippen LogP contribution in [0.1, 0.15) is 25.3 Å². The van der Waals surface area contributed by atoms with Gasteiger partial charge in [-0.2, -0.15) is 0 Å². The fourth-order valence-electron chi connectivity index (χ4n) is 2.17. The summed E-state index contributed by atoms with van der Waals surface area (Å²) in [6.07, 6.45) is 2.04. The summed E-state index contributed by atoms with van der Waals surface area (Å²) in [5.41, 5.74) is 1.18. The van der Waals surface area contributed by atoms with Crippen LogP contribution in [-0.2, 0) is 11.3 Å². The number of carbonyl (C=O) groups is 1. The van der Waals surface area contributed by atoms with Gasteiger partial charge in [0.2, 0.25) is 5.91 Å². The number of carbonyl (C=O) groups excluding carboxylic acids is 1. The Labute approximate surface area is 158 Å². The summed E-state index contributed by atoms with van der Waals surface area (Å²) in [6.45, 7) is 3.52. The molecule has 0 aliphatic heterocycles. The first kappa shape index (κ1) is 19.5. The van der Waals surface area contributed by atoms with Crippen LogP contribution in [0.3, 0.4) is 0 Å². The van der Waals surface area contributed by atoms with Gasteiger partial charge >= 0.3 is 0 Å². The number of unbranched alkanes of at least 4 members (excludes halogenated alkanes) is 1. The minimum Gasteiger partial charge on any atom is -0.355 e. The number of halogens is 1. The van der Waals surface area contributed by atoms with Gasteiger partial charge in [-0.3, -0.25) is 4.79 Å². The van der Waals surface area contributed by atoms with Gasteiger partial charge < -0.3 is 10.2 Å². The molecule has 1 heterocycles. The number of amides is 1. The molecule has 7 heteroatoms. The molecule has 0 aliphatic carbocycles. The highest BCUT2D eigenvalue weighted by molar-refractivity contribution is 7.99. The van der Waals surface area contributed by atoms with Crippen LogP contribution in [0, 0.1) is 0 Å². The summed E-state index contributed by atoms with van der Waals surface area (Å²) < 4.78 is 0. The second-order valence-corrected chi connectivity index (χ2v) is 7.00. The fourth-order valence-corrected chi connectivity index (χ4v) is 3.08. The van der Waals surface area contributed by atoms with E-state index in [9.17, 15) is 4.79 Å². The first-order chi connectivity index (χ1) is 12.1. The van der Waals surface area contributed by atoms with Crippen LogP contribution in [0.5, 0.6) is 0 Å². The Morgan fingerprint density at radius 1 is 1.28 bits per heavy atom. The summed E-state index contributed by atoms with van der Waals surface area (Å²) in [5.74, 6) is 1.00. The zero-order valence-corrected chi connectivity index (χ0v) is 16.1. The molecule has 1 N–H and O–H groups in total. The predicted octanol–water partition coefficient (Wildman–Crippen LogP) is 3.77. The van der Waals surface area contributed by atoms with E-state index in [4.69, 9.17) is 11.6 Å². The Morgan fingerprint density at radius 2 is 2.04 bits per heavy atom. The lowest BCUT2D eigenvalue weighted by Crippen LogP contribution is -2.26. The third-order valence-electron chi connectivity index (χ3n) is 3.50. The average Bonchev–Trinajstić information content (AvgIpc) is 2.60. The maximum Gasteiger partial charge on any atom is 0.230 e. The van der Waals surface area contributed by atoms with Crippen molar-refractivity contribution in [3.63, 3.8) is 0 Å². The number of rotatable bonds is 9. The van der Waals surface area contributed by atoms with E-state index in [-0.39, 0.29) is 11.7 Å². The average molecular weight is 379 g/mol. The van der Waals surface area contributed by atoms with E-state index in [2.05, 4.69) is 34.3 Å². The van der Waals surface area contributed by atoms with E-state index < -0.39 is 0 Å². The lowest BCUT2D eigenvalue weighted by atomic mass is 10.2. The smallest absolute Gasteiger partial charge is 0.230 e. The van der Waals surface area contributed by atoms with Crippen LogP contribution in [0.25, 0.3) is 0 Å². The SMILES string of the molecule is CCCCNC(=O)CSc1nc(Cl)cc(N(C)Cc2ccccc2)n1. The molecule has 0 bridgehead atoms. The number of aromatic nitrogens is 2. The Kier molecular flexibility index (Phi) is 8.01. The number of benzene rings is 1. The molecule has 0 saturated heterocycles. The zero-order valence-electron chi connectivity index (χ0n) is 14.5. The largest absolute Gasteiger partial charge is 0.355 e. The lowest BCUT2D eigenvalue weighted by Gasteiger charge is -2.18. The molecule has 1 aromatic heterocycles. The standard InChI is InChI=1S/C18H23ClN4OS/c1-3-4-10-20-17(24)13-25-18-21-15(19)11-16(22-18)23(2)12-14-8-6-5-7-9-14/h5-9,11H,3-4,10,12-13H2,1-2H3,(H,20,24). The third kappa shape index (κ3) is 6.92. The van der Waals surface area contributed by atoms with Gasteiger partial charge in [0.1, 0.15) is 11.0 Å². The lowest BCUT2D eigenvalue weighted by molar-refractivity contribution is -0.118. The second-order valence-electron chi connectivity index (χ2n) is 5.67. The summed E-state index contributed by atoms with van der Waals surface area (Å²) in [7, 11) is 1.96. The van der Waals surface area contributed by atoms with Crippen molar-refractivity contribution in [3.05, 3.63) is 47.1 Å². The summed E-state index contributed by atoms with van der Waals surface area (Å²) >= 11 is 7.42. The zero-order chi connectivity index (χ0) is 18.1. The van der Waals surface area contributed by atoms with E-state index in [0.29, 0.717) is 16.9 Å². The molecule has 25 heavy (non-hydrogen) atoms. The molecule has 0 radical (unpaired) electrons. The molecule has 0 saturated carbocycles. The van der Waals surface area contributed by atoms with E-state index in [1.807, 2.05) is 30.1 Å². The second kappa shape index (κ2) is 10.3. The summed E-state index contributed by atoms with van der Waals surface area (Å²) in [4.78, 5) is 22.5. The molecule has 2 rings (SSSR count). The van der Waals surface area contributed by atoms with Gasteiger partial charge in [-0.15, -0.1) is 0 Å². The number of nitrogens with zero attached hydrogens (tertiary/aromatic N) is 3. The van der Waals surface area contributed by atoms with Crippen LogP contribution in [0.2, 0.25) is 5.15 Å². The maximum absolute atomic E-state index is 11.8. The Hall–Kier alpha value is -1.79. The van der Waals surface area contributed by atoms with Crippen molar-refractivity contribution in [2.24, 2.45) is 0 Å². The van der Waals surface area contributed by atoms with Crippen LogP contribution >= 0.6 is 23.4 Å². The monoisotopic (exact) mass is 378 g/mol. The minimum absolute atomic E-state index is 0.0128. The molecule has 134 valence electrons. The Balaban J connectivity index is 1.96. The van der Waals surface area contributed by atoms with E-state index in [0.717, 1.165) is 25.2 Å². The van der Waals surface area contributed by atoms with Crippen molar-refractivity contribution in [2.75, 3.05) is 24.2 Å². The molecule has 0 fully saturated rings. The van der Waals surface area contributed by atoms with Crippen molar-refractivity contribution in [1.82, 2.24) is 15.3 Å². The van der Waals surface area contributed by atoms with E-state index in [1.165, 1.54) is 17.3 Å². The van der Waals surface area contributed by atoms with Crippen LogP contribution < -0.4 is 10.2 Å². The predicted molar refractivity (Wildman–Crippen MR) is 104 cm³/mol. The quantitative estimate of drug-likeness (QED) is 0.311. The molecule has 1 aromatic carbocycles. The van der Waals surface area contributed by atoms with E-state index >= 15 is 0 Å². The molecule has 0 spiro atoms. The highest BCUT2D eigenvalue weighted by atomic mass is 35.5. The van der Waals surface area contributed by atoms with Crippen molar-refractivity contribution in [1.29, 1.82) is 0 Å². The molecular formula is C18H23ClN4OS. The van der Waals surface area contributed by atoms with Gasteiger partial charge in [0.05, 0.1) is 5.75 Å². The van der Waals surface area contributed by atoms with Crippen molar-refractivity contribution in [3.8, 4) is 0 Å². The molecule has 0 atom stereocenters. The van der Waals surface area contributed by atoms with Crippen LogP contribution in [-0.4, -0.2) is 35.2 Å². The van der Waals surface area contributed by atoms with Gasteiger partial charge in [0.15, 0.2) is 5.16 Å². The molecule has 5 nitrogen and oxygen atoms in total. The molecular weight excluding hydrogens is 356 g/mol. The Morgan fingerprint density at radius 3 is 2.76 bits per heavy atom. The van der Waals surface area contributed by atoms with Crippen molar-refractivity contribution in [2.45, 2.75) is 31.5 Å². The van der Waals surface area contributed by atoms with Crippen molar-refractivity contribution >= 4 is 35.1 Å². The maximum atomic E-state index is 11.8. The number of nitrogens with one attached hydrogen (secondary N) is 1. The number of hydrogen-bond acceptors (Lipinski definition) is 5. The third-order valence-corrected chi connectivity index (χ3v) is 4.54. The Bertz CT molecular complexity index is 684. The van der Waals surface area contributed by atoms with Gasteiger partial charge in [0, 0.05) is 26.2 Å². The fraction of sp³-hybridized carbons (Fsp3) is 0.389. The molecule has 1 amide bonds. The van der Waals surface area contributed by atoms with Crippen molar-refractivity contribution < 1.29 is 4.79 Å². The normalized spacial score (nSPS) is 10.5. The van der Waals surface area contributed by atoms with Crippen LogP contribution in [0.15, 0.2) is 41.6 Å². The van der Waals surface area contributed by atoms with Gasteiger partial charge in [-0.05, 0) is 12.0 Å². The minimum atomic E-state index is -0.0128. The number of anilines is 1. The highest BCUT2D eigenvalue weighted by Crippen LogP contribution is 2.22. The van der Waals surface area contributed by atoms with Crippen LogP contribution in [0.4, 0.5) is 5.82 Å². The first-order valence-electron chi connectivity index (χ1n) is 8.27. The summed E-state index contributed by atoms with van der Waals surface area (Å²) in [5, 5.41) is 3.76. The van der Waals surface area contributed by atoms with E-state index in [1.54, 1.807) is 6.07 Å². The highest BCUT2D eigenvalue weighted by Gasteiger charge is 2.10. The number of thioether (sulfide) groups is 1. The molecule has 0 aliphatic rings. The van der Waals surface area contributed by atoms with Gasteiger partial charge in [-0.25, -0.2) is 9.97 Å². The topological polar surface area (TPSA) is 58.1 Å².